The Balaban J connectivity index is 0.772. The second-order valence-corrected chi connectivity index (χ2v) is 16.4. The van der Waals surface area contributed by atoms with Crippen molar-refractivity contribution in [3.63, 3.8) is 0 Å². The van der Waals surface area contributed by atoms with Gasteiger partial charge >= 0.3 is 5.69 Å². The van der Waals surface area contributed by atoms with Crippen LogP contribution in [0.2, 0.25) is 0 Å². The van der Waals surface area contributed by atoms with Crippen molar-refractivity contribution in [1.82, 2.24) is 39.1 Å². The Kier molecular flexibility index (Phi) is 9.43. The molecule has 3 N–H and O–H groups in total. The number of piperidine rings is 3. The van der Waals surface area contributed by atoms with E-state index in [0.29, 0.717) is 36.8 Å². The molecular weight excluding hydrogens is 791 g/mol. The molecule has 0 radical (unpaired) electrons. The minimum Gasteiger partial charge on any atom is -0.457 e. The fourth-order valence-electron chi connectivity index (χ4n) is 9.63. The molecule has 5 aliphatic heterocycles. The highest BCUT2D eigenvalue weighted by molar-refractivity contribution is 6.23. The zero-order valence-corrected chi connectivity index (χ0v) is 33.0. The van der Waals surface area contributed by atoms with Crippen LogP contribution in [0.4, 0.5) is 20.3 Å². The molecule has 2 aromatic heterocycles. The molecule has 4 saturated heterocycles. The summed E-state index contributed by atoms with van der Waals surface area (Å²) < 4.78 is 41.1. The van der Waals surface area contributed by atoms with Gasteiger partial charge in [0.25, 0.3) is 17.7 Å². The SMILES string of the molecule is Nc1ncnc2c1n(-c1ccc(Oc3ccccc3)cc1)c(=O)n2[C@H]1CCN(C2CCN(C3CN(c4ccc5c(c4)C(=O)N(C4CCC(=O)NC4=O)C5=O)C3)CC2)CC1(F)F. The normalized spacial score (nSPS) is 22.7. The van der Waals surface area contributed by atoms with Gasteiger partial charge in [-0.05, 0) is 80.3 Å². The molecule has 4 amide bonds. The van der Waals surface area contributed by atoms with Crippen molar-refractivity contribution in [2.75, 3.05) is 49.9 Å². The zero-order valence-electron chi connectivity index (χ0n) is 33.0. The Morgan fingerprint density at radius 3 is 2.16 bits per heavy atom. The summed E-state index contributed by atoms with van der Waals surface area (Å²) in [7, 11) is 0. The molecular formula is C43H42F2N10O6. The van der Waals surface area contributed by atoms with Crippen LogP contribution in [0.1, 0.15) is 58.9 Å². The first kappa shape index (κ1) is 38.7. The molecule has 5 aromatic rings. The number of aromatic nitrogens is 4. The van der Waals surface area contributed by atoms with Crippen molar-refractivity contribution in [2.24, 2.45) is 0 Å². The van der Waals surface area contributed by atoms with Crippen LogP contribution in [-0.4, -0.2) is 121 Å². The fraction of sp³-hybridized carbons (Fsp3) is 0.372. The van der Waals surface area contributed by atoms with E-state index in [1.165, 1.54) is 10.9 Å². The second-order valence-electron chi connectivity index (χ2n) is 16.4. The number of halogens is 2. The summed E-state index contributed by atoms with van der Waals surface area (Å²) in [5, 5.41) is 2.22. The number of likely N-dealkylation sites (tertiary alicyclic amines) is 2. The number of carbonyl (C=O) groups excluding carboxylic acids is 4. The molecule has 5 aliphatic rings. The Morgan fingerprint density at radius 1 is 0.754 bits per heavy atom. The number of anilines is 2. The van der Waals surface area contributed by atoms with Crippen molar-refractivity contribution >= 4 is 46.3 Å². The smallest absolute Gasteiger partial charge is 0.335 e. The molecule has 0 bridgehead atoms. The minimum absolute atomic E-state index is 0.00444. The van der Waals surface area contributed by atoms with E-state index in [-0.39, 0.29) is 59.5 Å². The molecule has 7 heterocycles. The number of hydrogen-bond acceptors (Lipinski definition) is 12. The molecule has 0 aliphatic carbocycles. The number of ether oxygens (including phenoxy) is 1. The fourth-order valence-corrected chi connectivity index (χ4v) is 9.63. The Labute approximate surface area is 347 Å². The van der Waals surface area contributed by atoms with Crippen LogP contribution in [-0.2, 0) is 9.59 Å². The number of hydrogen-bond donors (Lipinski definition) is 2. The van der Waals surface area contributed by atoms with Crippen molar-refractivity contribution in [3.8, 4) is 17.2 Å². The molecule has 4 fully saturated rings. The van der Waals surface area contributed by atoms with Gasteiger partial charge in [0.05, 0.1) is 23.4 Å². The van der Waals surface area contributed by atoms with E-state index in [2.05, 4.69) is 25.1 Å². The lowest BCUT2D eigenvalue weighted by Crippen LogP contribution is -2.62. The highest BCUT2D eigenvalue weighted by atomic mass is 19.3. The highest BCUT2D eigenvalue weighted by Gasteiger charge is 2.50. The molecule has 16 nitrogen and oxygen atoms in total. The molecule has 2 atom stereocenters. The van der Waals surface area contributed by atoms with E-state index in [4.69, 9.17) is 10.5 Å². The van der Waals surface area contributed by atoms with E-state index >= 15 is 8.78 Å². The van der Waals surface area contributed by atoms with E-state index < -0.39 is 53.9 Å². The molecule has 3 aromatic carbocycles. The first-order valence-electron chi connectivity index (χ1n) is 20.5. The first-order chi connectivity index (χ1) is 29.4. The monoisotopic (exact) mass is 832 g/mol. The minimum atomic E-state index is -3.25. The molecule has 1 unspecified atom stereocenters. The third-order valence-electron chi connectivity index (χ3n) is 12.8. The van der Waals surface area contributed by atoms with Gasteiger partial charge < -0.3 is 15.4 Å². The number of nitrogens with one attached hydrogen (secondary N) is 1. The maximum Gasteiger partial charge on any atom is 0.335 e. The van der Waals surface area contributed by atoms with E-state index in [1.807, 2.05) is 35.2 Å². The topological polar surface area (TPSA) is 181 Å². The Morgan fingerprint density at radius 2 is 1.44 bits per heavy atom. The number of nitrogens with two attached hydrogens (primary N) is 1. The van der Waals surface area contributed by atoms with Gasteiger partial charge in [-0.2, -0.15) is 0 Å². The largest absolute Gasteiger partial charge is 0.457 e. The van der Waals surface area contributed by atoms with Crippen molar-refractivity contribution in [1.29, 1.82) is 0 Å². The van der Waals surface area contributed by atoms with E-state index in [9.17, 15) is 24.0 Å². The van der Waals surface area contributed by atoms with Crippen LogP contribution >= 0.6 is 0 Å². The summed E-state index contributed by atoms with van der Waals surface area (Å²) in [6.07, 6.45) is 2.81. The number of amides is 4. The van der Waals surface area contributed by atoms with Gasteiger partial charge in [0, 0.05) is 56.9 Å². The number of benzene rings is 3. The van der Waals surface area contributed by atoms with Crippen molar-refractivity contribution in [3.05, 3.63) is 101 Å². The standard InChI is InChI=1S/C43H42F2N10O6/c44-43(45)23-51(19-16-34(43)55-38-36(37(46)47-24-48-38)53(42(55)60)26-6-9-30(10-7-26)61-29-4-2-1-3-5-29)25-14-17-50(18-15-25)28-21-52(22-28)27-8-11-31-32(20-27)41(59)54(40(31)58)33-12-13-35(56)49-39(33)57/h1-11,20,24-25,28,33-34H,12-19,21-23H2,(H2,46,47,48)(H,49,56,57)/t33?,34-/m0/s1. The number of fused-ring (bicyclic) bond motifs is 2. The molecule has 10 rings (SSSR count). The summed E-state index contributed by atoms with van der Waals surface area (Å²) >= 11 is 0. The van der Waals surface area contributed by atoms with Crippen LogP contribution in [0.5, 0.6) is 11.5 Å². The van der Waals surface area contributed by atoms with Gasteiger partial charge in [-0.25, -0.2) is 23.5 Å². The van der Waals surface area contributed by atoms with Gasteiger partial charge in [0.15, 0.2) is 11.5 Å². The predicted molar refractivity (Wildman–Crippen MR) is 218 cm³/mol. The number of nitrogen functional groups attached to an aromatic ring is 1. The quantitative estimate of drug-likeness (QED) is 0.217. The first-order valence-corrected chi connectivity index (χ1v) is 20.5. The lowest BCUT2D eigenvalue weighted by Gasteiger charge is -2.50. The molecule has 61 heavy (non-hydrogen) atoms. The van der Waals surface area contributed by atoms with Gasteiger partial charge in [0.1, 0.15) is 35.4 Å². The lowest BCUT2D eigenvalue weighted by molar-refractivity contribution is -0.136. The lowest BCUT2D eigenvalue weighted by atomic mass is 9.93. The van der Waals surface area contributed by atoms with E-state index in [1.54, 1.807) is 42.5 Å². The van der Waals surface area contributed by atoms with Gasteiger partial charge in [-0.15, -0.1) is 0 Å². The number of imidazole rings is 1. The number of para-hydroxylation sites is 1. The predicted octanol–water partition coefficient (Wildman–Crippen LogP) is 3.59. The molecule has 314 valence electrons. The molecule has 18 heteroatoms. The number of imide groups is 2. The molecule has 0 spiro atoms. The summed E-state index contributed by atoms with van der Waals surface area (Å²) in [6.45, 7) is 2.77. The third-order valence-corrected chi connectivity index (χ3v) is 12.8. The summed E-state index contributed by atoms with van der Waals surface area (Å²) in [6, 6.07) is 18.8. The Hall–Kier alpha value is -6.53. The van der Waals surface area contributed by atoms with Crippen molar-refractivity contribution < 1.29 is 32.7 Å². The van der Waals surface area contributed by atoms with Crippen LogP contribution in [0.25, 0.3) is 16.9 Å². The number of alkyl halides is 2. The van der Waals surface area contributed by atoms with Gasteiger partial charge in [0.2, 0.25) is 11.8 Å². The van der Waals surface area contributed by atoms with Crippen LogP contribution in [0.3, 0.4) is 0 Å². The average molecular weight is 833 g/mol. The van der Waals surface area contributed by atoms with Crippen LogP contribution in [0, 0.1) is 0 Å². The molecule has 0 saturated carbocycles. The van der Waals surface area contributed by atoms with E-state index in [0.717, 1.165) is 41.1 Å². The van der Waals surface area contributed by atoms with Crippen LogP contribution < -0.4 is 26.4 Å². The second kappa shape index (κ2) is 14.9. The summed E-state index contributed by atoms with van der Waals surface area (Å²) in [5.41, 5.74) is 7.51. The summed E-state index contributed by atoms with van der Waals surface area (Å²) in [5.74, 6) is -4.22. The van der Waals surface area contributed by atoms with Gasteiger partial charge in [-0.1, -0.05) is 18.2 Å². The van der Waals surface area contributed by atoms with Crippen molar-refractivity contribution in [2.45, 2.75) is 62.2 Å². The maximum atomic E-state index is 16.4. The highest BCUT2D eigenvalue weighted by Crippen LogP contribution is 2.40. The Bertz CT molecular complexity index is 2640. The van der Waals surface area contributed by atoms with Gasteiger partial charge in [-0.3, -0.25) is 48.3 Å². The zero-order chi connectivity index (χ0) is 42.2. The number of nitrogens with zero attached hydrogens (tertiary/aromatic N) is 8. The maximum absolute atomic E-state index is 16.4. The summed E-state index contributed by atoms with van der Waals surface area (Å²) in [4.78, 5) is 80.4. The number of rotatable bonds is 8. The number of carbonyl (C=O) groups is 4. The average Bonchev–Trinajstić information content (AvgIpc) is 3.66. The van der Waals surface area contributed by atoms with Crippen LogP contribution in [0.15, 0.2) is 83.9 Å². The third kappa shape index (κ3) is 6.69.